The van der Waals surface area contributed by atoms with Crippen LogP contribution in [-0.2, 0) is 19.4 Å². The SMILES string of the molecule is NC1=C(c2ccc(N(c3ccccc3)c3ccccc3)cc2)c2nn(CCC3CCCCC3)nc2C(c2ccc(N(c3ccccc3)c3ccccc3)cc2)C1[N-][SH2+]. The fourth-order valence-corrected chi connectivity index (χ4v) is 9.12. The number of nitrogens with two attached hydrogens (primary N) is 1. The van der Waals surface area contributed by atoms with E-state index in [0.717, 1.165) is 75.2 Å². The quantitative estimate of drug-likeness (QED) is 0.125. The number of hydrogen-bond acceptors (Lipinski definition) is 5. The fraction of sp³-hybridized carbons (Fsp3) is 0.200. The summed E-state index contributed by atoms with van der Waals surface area (Å²) >= 11 is 3.61. The van der Waals surface area contributed by atoms with Crippen molar-refractivity contribution in [3.8, 4) is 0 Å². The molecule has 2 atom stereocenters. The van der Waals surface area contributed by atoms with Crippen molar-refractivity contribution in [1.82, 2.24) is 15.0 Å². The third kappa shape index (κ3) is 7.65. The fourth-order valence-electron chi connectivity index (χ4n) is 8.83. The predicted molar refractivity (Wildman–Crippen MR) is 243 cm³/mol. The predicted octanol–water partition coefficient (Wildman–Crippen LogP) is 11.7. The third-order valence-electron chi connectivity index (χ3n) is 11.7. The lowest BCUT2D eigenvalue weighted by molar-refractivity contribution is 0.310. The zero-order chi connectivity index (χ0) is 39.3. The van der Waals surface area contributed by atoms with E-state index < -0.39 is 6.04 Å². The van der Waals surface area contributed by atoms with E-state index in [-0.39, 0.29) is 5.92 Å². The van der Waals surface area contributed by atoms with E-state index in [0.29, 0.717) is 11.6 Å². The minimum atomic E-state index is -0.405. The van der Waals surface area contributed by atoms with Crippen molar-refractivity contribution in [1.29, 1.82) is 0 Å². The summed E-state index contributed by atoms with van der Waals surface area (Å²) in [5.74, 6) is 0.480. The largest absolute Gasteiger partial charge is 0.424 e. The zero-order valence-corrected chi connectivity index (χ0v) is 33.6. The maximum Gasteiger partial charge on any atom is 0.119 e. The van der Waals surface area contributed by atoms with Crippen LogP contribution < -0.4 is 15.5 Å². The van der Waals surface area contributed by atoms with Crippen molar-refractivity contribution in [2.24, 2.45) is 11.7 Å². The lowest BCUT2D eigenvalue weighted by atomic mass is 9.78. The molecule has 1 aromatic heterocycles. The van der Waals surface area contributed by atoms with E-state index in [2.05, 4.69) is 168 Å². The molecule has 0 saturated heterocycles. The minimum Gasteiger partial charge on any atom is -0.424 e. The number of hydrogen-bond donors (Lipinski definition) is 1. The van der Waals surface area contributed by atoms with Crippen LogP contribution in [0.25, 0.3) is 10.3 Å². The summed E-state index contributed by atoms with van der Waals surface area (Å²) in [4.78, 5) is 6.47. The van der Waals surface area contributed by atoms with E-state index in [1.165, 1.54) is 32.1 Å². The van der Waals surface area contributed by atoms with Crippen molar-refractivity contribution < 1.29 is 0 Å². The second-order valence-electron chi connectivity index (χ2n) is 15.4. The van der Waals surface area contributed by atoms with Gasteiger partial charge in [0.2, 0.25) is 0 Å². The highest BCUT2D eigenvalue weighted by atomic mass is 32.1. The Hall–Kier alpha value is -6.09. The van der Waals surface area contributed by atoms with E-state index in [1.807, 2.05) is 29.1 Å². The average Bonchev–Trinajstić information content (AvgIpc) is 3.71. The summed E-state index contributed by atoms with van der Waals surface area (Å²) in [6.07, 6.45) is 7.63. The number of fused-ring (bicyclic) bond motifs is 1. The van der Waals surface area contributed by atoms with Gasteiger partial charge >= 0.3 is 0 Å². The van der Waals surface area contributed by atoms with E-state index in [4.69, 9.17) is 20.7 Å². The molecule has 2 aliphatic carbocycles. The first-order valence-corrected chi connectivity index (χ1v) is 20.9. The molecular weight excluding hydrogens is 731 g/mol. The molecule has 1 fully saturated rings. The molecule has 6 aromatic carbocycles. The molecule has 0 bridgehead atoms. The highest BCUT2D eigenvalue weighted by Gasteiger charge is 2.36. The number of para-hydroxylation sites is 4. The molecule has 58 heavy (non-hydrogen) atoms. The molecule has 7 nitrogen and oxygen atoms in total. The van der Waals surface area contributed by atoms with Gasteiger partial charge in [0.05, 0.1) is 12.2 Å². The Balaban J connectivity index is 1.10. The molecule has 1 heterocycles. The smallest absolute Gasteiger partial charge is 0.119 e. The summed E-state index contributed by atoms with van der Waals surface area (Å²) in [6.45, 7) is 0.775. The Morgan fingerprint density at radius 2 is 1.02 bits per heavy atom. The number of benzene rings is 6. The standard InChI is InChI=1S/C50H49N7S/c51-47-45(37-26-30-43(31-27-37)56(39-18-8-2-9-19-39)40-20-10-3-11-21-40)49-50(53-55(52-49)35-34-36-16-6-1-7-17-36)46(48(47)54-58)38-28-32-44(33-29-38)57(41-22-12-4-13-23-41)42-24-14-5-15-25-42/h2-5,8-15,18-33,36,46,48H,1,6-7,16-17,34-35,51,58H2. The molecule has 0 spiro atoms. The van der Waals surface area contributed by atoms with Gasteiger partial charge in [0.25, 0.3) is 0 Å². The maximum absolute atomic E-state index is 7.28. The van der Waals surface area contributed by atoms with Gasteiger partial charge in [0.15, 0.2) is 0 Å². The molecule has 0 radical (unpaired) electrons. The van der Waals surface area contributed by atoms with E-state index in [1.54, 1.807) is 0 Å². The minimum absolute atomic E-state index is 0.235. The van der Waals surface area contributed by atoms with Crippen molar-refractivity contribution in [3.63, 3.8) is 0 Å². The Kier molecular flexibility index (Phi) is 11.1. The molecule has 0 amide bonds. The van der Waals surface area contributed by atoms with E-state index in [9.17, 15) is 0 Å². The number of aromatic nitrogens is 3. The van der Waals surface area contributed by atoms with Gasteiger partial charge < -0.3 is 20.3 Å². The van der Waals surface area contributed by atoms with Crippen LogP contribution in [0.4, 0.5) is 34.1 Å². The van der Waals surface area contributed by atoms with Gasteiger partial charge in [-0.2, -0.15) is 15.0 Å². The number of aryl methyl sites for hydroxylation is 1. The van der Waals surface area contributed by atoms with Gasteiger partial charge in [0.1, 0.15) is 5.69 Å². The van der Waals surface area contributed by atoms with Gasteiger partial charge in [-0.05, 0) is 102 Å². The van der Waals surface area contributed by atoms with Crippen LogP contribution in [0.1, 0.15) is 67.0 Å². The lowest BCUT2D eigenvalue weighted by Gasteiger charge is -2.37. The van der Waals surface area contributed by atoms with Crippen molar-refractivity contribution in [2.75, 3.05) is 9.80 Å². The van der Waals surface area contributed by atoms with Crippen LogP contribution >= 0.6 is 0 Å². The third-order valence-corrected chi connectivity index (χ3v) is 12.0. The second kappa shape index (κ2) is 17.2. The van der Waals surface area contributed by atoms with Crippen LogP contribution in [0.15, 0.2) is 176 Å². The molecule has 7 aromatic rings. The summed E-state index contributed by atoms with van der Waals surface area (Å²) in [6, 6.07) is 58.9. The van der Waals surface area contributed by atoms with Gasteiger partial charge in [-0.1, -0.05) is 129 Å². The van der Waals surface area contributed by atoms with Crippen molar-refractivity contribution in [3.05, 3.63) is 203 Å². The van der Waals surface area contributed by atoms with Gasteiger partial charge in [0, 0.05) is 51.3 Å². The first-order chi connectivity index (χ1) is 28.7. The normalized spacial score (nSPS) is 16.8. The Bertz CT molecular complexity index is 2350. The molecular formula is C50H49N7S. The highest BCUT2D eigenvalue weighted by Crippen LogP contribution is 2.46. The van der Waals surface area contributed by atoms with Crippen molar-refractivity contribution >= 4 is 52.5 Å². The lowest BCUT2D eigenvalue weighted by Crippen LogP contribution is -2.31. The van der Waals surface area contributed by atoms with Crippen LogP contribution in [0.5, 0.6) is 0 Å². The van der Waals surface area contributed by atoms with E-state index >= 15 is 0 Å². The summed E-state index contributed by atoms with van der Waals surface area (Å²) in [7, 11) is 0. The summed E-state index contributed by atoms with van der Waals surface area (Å²) in [5, 5.41) is 10.6. The Morgan fingerprint density at radius 3 is 1.48 bits per heavy atom. The van der Waals surface area contributed by atoms with Crippen LogP contribution in [0, 0.1) is 5.92 Å². The topological polar surface area (TPSA) is 77.3 Å². The maximum atomic E-state index is 7.28. The van der Waals surface area contributed by atoms with Gasteiger partial charge in [-0.25, -0.2) is 0 Å². The molecule has 2 aliphatic rings. The van der Waals surface area contributed by atoms with Crippen LogP contribution in [0.3, 0.4) is 0 Å². The first-order valence-electron chi connectivity index (χ1n) is 20.5. The molecule has 9 rings (SSSR count). The number of nitrogens with zero attached hydrogens (tertiary/aromatic N) is 6. The monoisotopic (exact) mass is 779 g/mol. The molecule has 2 unspecified atom stereocenters. The van der Waals surface area contributed by atoms with Crippen LogP contribution in [-0.4, -0.2) is 21.0 Å². The summed E-state index contributed by atoms with van der Waals surface area (Å²) in [5.41, 5.74) is 19.1. The van der Waals surface area contributed by atoms with Crippen LogP contribution in [0.2, 0.25) is 0 Å². The zero-order valence-electron chi connectivity index (χ0n) is 32.6. The molecule has 0 aliphatic heterocycles. The Morgan fingerprint density at radius 1 is 0.569 bits per heavy atom. The van der Waals surface area contributed by atoms with Crippen molar-refractivity contribution in [2.45, 2.75) is 57.0 Å². The average molecular weight is 780 g/mol. The summed E-state index contributed by atoms with van der Waals surface area (Å²) < 4.78 is 4.79. The second-order valence-corrected chi connectivity index (χ2v) is 15.6. The number of rotatable bonds is 12. The Labute approximate surface area is 347 Å². The molecule has 290 valence electrons. The molecule has 8 heteroatoms. The number of anilines is 6. The molecule has 2 N–H and O–H groups in total. The van der Waals surface area contributed by atoms with Gasteiger partial charge in [-0.15, -0.1) is 12.8 Å². The first kappa shape index (κ1) is 37.5. The highest BCUT2D eigenvalue weighted by molar-refractivity contribution is 7.61. The molecule has 1 saturated carbocycles. The van der Waals surface area contributed by atoms with Gasteiger partial charge in [-0.3, -0.25) is 0 Å².